The van der Waals surface area contributed by atoms with E-state index in [4.69, 9.17) is 10.8 Å². The largest absolute Gasteiger partial charge is 0.397 e. The second-order valence-corrected chi connectivity index (χ2v) is 5.18. The number of aliphatic hydroxyl groups excluding tert-OH is 1. The number of unbranched alkanes of at least 4 members (excludes halogenated alkanes) is 2. The Morgan fingerprint density at radius 3 is 2.50 bits per heavy atom. The first-order valence-electron chi connectivity index (χ1n) is 6.90. The van der Waals surface area contributed by atoms with Crippen LogP contribution in [0.15, 0.2) is 18.2 Å². The number of aliphatic hydroxyl groups is 1. The van der Waals surface area contributed by atoms with Gasteiger partial charge in [-0.05, 0) is 37.5 Å². The molecule has 0 atom stereocenters. The Hall–Kier alpha value is -1.75. The van der Waals surface area contributed by atoms with E-state index in [0.29, 0.717) is 11.3 Å². The Kier molecular flexibility index (Phi) is 6.31. The third-order valence-electron chi connectivity index (χ3n) is 3.25. The molecule has 5 nitrogen and oxygen atoms in total. The summed E-state index contributed by atoms with van der Waals surface area (Å²) in [6, 6.07) is 5.36. The topological polar surface area (TPSA) is 69.8 Å². The number of nitrogens with zero attached hydrogens (tertiary/aromatic N) is 2. The predicted octanol–water partition coefficient (Wildman–Crippen LogP) is 1.57. The maximum Gasteiger partial charge on any atom is 0.253 e. The van der Waals surface area contributed by atoms with Crippen LogP contribution in [0.1, 0.15) is 29.6 Å². The van der Waals surface area contributed by atoms with E-state index in [1.807, 2.05) is 13.1 Å². The molecule has 0 unspecified atom stereocenters. The van der Waals surface area contributed by atoms with Crippen LogP contribution in [0.25, 0.3) is 0 Å². The molecule has 0 radical (unpaired) electrons. The van der Waals surface area contributed by atoms with Crippen molar-refractivity contribution >= 4 is 17.3 Å². The van der Waals surface area contributed by atoms with Crippen LogP contribution in [0.3, 0.4) is 0 Å². The molecule has 0 saturated carbocycles. The average Bonchev–Trinajstić information content (AvgIpc) is 2.43. The van der Waals surface area contributed by atoms with Crippen LogP contribution in [0, 0.1) is 0 Å². The number of amides is 1. The van der Waals surface area contributed by atoms with Gasteiger partial charge in [-0.2, -0.15) is 0 Å². The van der Waals surface area contributed by atoms with Gasteiger partial charge >= 0.3 is 0 Å². The second kappa shape index (κ2) is 7.75. The van der Waals surface area contributed by atoms with Gasteiger partial charge in [-0.3, -0.25) is 4.79 Å². The minimum atomic E-state index is -0.0278. The molecule has 1 rings (SSSR count). The van der Waals surface area contributed by atoms with E-state index in [-0.39, 0.29) is 12.5 Å². The van der Waals surface area contributed by atoms with Crippen molar-refractivity contribution in [1.82, 2.24) is 4.90 Å². The van der Waals surface area contributed by atoms with Crippen molar-refractivity contribution in [3.8, 4) is 0 Å². The van der Waals surface area contributed by atoms with E-state index in [0.717, 1.165) is 31.5 Å². The number of carbonyl (C=O) groups is 1. The third kappa shape index (κ3) is 4.42. The summed E-state index contributed by atoms with van der Waals surface area (Å²) < 4.78 is 0. The number of carbonyl (C=O) groups excluding carboxylic acids is 1. The van der Waals surface area contributed by atoms with Gasteiger partial charge in [-0.15, -0.1) is 0 Å². The second-order valence-electron chi connectivity index (χ2n) is 5.18. The maximum absolute atomic E-state index is 12.0. The van der Waals surface area contributed by atoms with Gasteiger partial charge in [0.2, 0.25) is 0 Å². The number of anilines is 2. The SMILES string of the molecule is CN(C)C(=O)c1ccc(N)c(N(C)CCCCCO)c1. The monoisotopic (exact) mass is 279 g/mol. The zero-order chi connectivity index (χ0) is 15.1. The predicted molar refractivity (Wildman–Crippen MR) is 83.1 cm³/mol. The van der Waals surface area contributed by atoms with Gasteiger partial charge in [0.25, 0.3) is 5.91 Å². The summed E-state index contributed by atoms with van der Waals surface area (Å²) in [6.07, 6.45) is 2.79. The summed E-state index contributed by atoms with van der Waals surface area (Å²) in [5.41, 5.74) is 8.18. The molecule has 3 N–H and O–H groups in total. The van der Waals surface area contributed by atoms with Crippen LogP contribution in [0.4, 0.5) is 11.4 Å². The molecule has 0 bridgehead atoms. The molecule has 0 aromatic heterocycles. The number of hydrogen-bond acceptors (Lipinski definition) is 4. The molecule has 0 aliphatic heterocycles. The summed E-state index contributed by atoms with van der Waals surface area (Å²) in [5.74, 6) is -0.0278. The zero-order valence-corrected chi connectivity index (χ0v) is 12.6. The minimum absolute atomic E-state index is 0.0278. The highest BCUT2D eigenvalue weighted by molar-refractivity contribution is 5.96. The molecule has 0 fully saturated rings. The highest BCUT2D eigenvalue weighted by Crippen LogP contribution is 2.24. The van der Waals surface area contributed by atoms with E-state index in [1.54, 1.807) is 31.1 Å². The van der Waals surface area contributed by atoms with Crippen LogP contribution >= 0.6 is 0 Å². The lowest BCUT2D eigenvalue weighted by molar-refractivity contribution is 0.0827. The van der Waals surface area contributed by atoms with Crippen molar-refractivity contribution in [1.29, 1.82) is 0 Å². The average molecular weight is 279 g/mol. The summed E-state index contributed by atoms with van der Waals surface area (Å²) in [5, 5.41) is 8.77. The number of nitrogen functional groups attached to an aromatic ring is 1. The van der Waals surface area contributed by atoms with Gasteiger partial charge < -0.3 is 20.6 Å². The molecule has 1 amide bonds. The lowest BCUT2D eigenvalue weighted by Gasteiger charge is -2.22. The van der Waals surface area contributed by atoms with Gasteiger partial charge in [0.05, 0.1) is 11.4 Å². The summed E-state index contributed by atoms with van der Waals surface area (Å²) in [4.78, 5) is 15.6. The lowest BCUT2D eigenvalue weighted by atomic mass is 10.1. The summed E-state index contributed by atoms with van der Waals surface area (Å²) in [6.45, 7) is 1.09. The summed E-state index contributed by atoms with van der Waals surface area (Å²) >= 11 is 0. The van der Waals surface area contributed by atoms with Crippen molar-refractivity contribution in [2.24, 2.45) is 0 Å². The van der Waals surface area contributed by atoms with E-state index < -0.39 is 0 Å². The van der Waals surface area contributed by atoms with Crippen molar-refractivity contribution in [2.75, 3.05) is 44.9 Å². The standard InChI is InChI=1S/C15H25N3O2/c1-17(2)15(20)12-7-8-13(16)14(11-12)18(3)9-5-4-6-10-19/h7-8,11,19H,4-6,9-10,16H2,1-3H3. The highest BCUT2D eigenvalue weighted by Gasteiger charge is 2.12. The Bertz CT molecular complexity index is 447. The van der Waals surface area contributed by atoms with Crippen molar-refractivity contribution in [2.45, 2.75) is 19.3 Å². The molecule has 20 heavy (non-hydrogen) atoms. The Labute approximate surface area is 121 Å². The van der Waals surface area contributed by atoms with Crippen LogP contribution in [0.5, 0.6) is 0 Å². The normalized spacial score (nSPS) is 10.4. The van der Waals surface area contributed by atoms with Crippen molar-refractivity contribution in [3.05, 3.63) is 23.8 Å². The van der Waals surface area contributed by atoms with Crippen LogP contribution in [-0.4, -0.2) is 50.2 Å². The molecule has 0 heterocycles. The molecule has 112 valence electrons. The number of benzene rings is 1. The number of rotatable bonds is 7. The smallest absolute Gasteiger partial charge is 0.253 e. The highest BCUT2D eigenvalue weighted by atomic mass is 16.2. The van der Waals surface area contributed by atoms with E-state index >= 15 is 0 Å². The summed E-state index contributed by atoms with van der Waals surface area (Å²) in [7, 11) is 5.43. The lowest BCUT2D eigenvalue weighted by Crippen LogP contribution is -2.23. The molecule has 5 heteroatoms. The fraction of sp³-hybridized carbons (Fsp3) is 0.533. The molecular weight excluding hydrogens is 254 g/mol. The van der Waals surface area contributed by atoms with Crippen LogP contribution in [0.2, 0.25) is 0 Å². The van der Waals surface area contributed by atoms with E-state index in [1.165, 1.54) is 0 Å². The fourth-order valence-corrected chi connectivity index (χ4v) is 2.02. The molecule has 0 saturated heterocycles. The van der Waals surface area contributed by atoms with Gasteiger partial charge in [-0.1, -0.05) is 0 Å². The van der Waals surface area contributed by atoms with E-state index in [9.17, 15) is 4.79 Å². The van der Waals surface area contributed by atoms with E-state index in [2.05, 4.69) is 4.90 Å². The molecular formula is C15H25N3O2. The molecule has 0 spiro atoms. The van der Waals surface area contributed by atoms with Crippen LogP contribution in [-0.2, 0) is 0 Å². The minimum Gasteiger partial charge on any atom is -0.397 e. The maximum atomic E-state index is 12.0. The van der Waals surface area contributed by atoms with Gasteiger partial charge in [0.1, 0.15) is 0 Å². The Balaban J connectivity index is 2.77. The third-order valence-corrected chi connectivity index (χ3v) is 3.25. The Morgan fingerprint density at radius 2 is 1.90 bits per heavy atom. The first-order chi connectivity index (χ1) is 9.47. The van der Waals surface area contributed by atoms with Gasteiger partial charge in [0, 0.05) is 39.9 Å². The number of nitrogens with two attached hydrogens (primary N) is 1. The fourth-order valence-electron chi connectivity index (χ4n) is 2.02. The Morgan fingerprint density at radius 1 is 1.20 bits per heavy atom. The zero-order valence-electron chi connectivity index (χ0n) is 12.6. The van der Waals surface area contributed by atoms with Crippen LogP contribution < -0.4 is 10.6 Å². The molecule has 0 aliphatic carbocycles. The molecule has 0 aliphatic rings. The van der Waals surface area contributed by atoms with Crippen molar-refractivity contribution < 1.29 is 9.90 Å². The molecule has 1 aromatic rings. The van der Waals surface area contributed by atoms with Crippen molar-refractivity contribution in [3.63, 3.8) is 0 Å². The van der Waals surface area contributed by atoms with Gasteiger partial charge in [-0.25, -0.2) is 0 Å². The first-order valence-corrected chi connectivity index (χ1v) is 6.90. The number of hydrogen-bond donors (Lipinski definition) is 2. The quantitative estimate of drug-likeness (QED) is 0.587. The molecule has 1 aromatic carbocycles. The first kappa shape index (κ1) is 16.3. The van der Waals surface area contributed by atoms with Gasteiger partial charge in [0.15, 0.2) is 0 Å².